The van der Waals surface area contributed by atoms with Gasteiger partial charge >= 0.3 is 35.1 Å². The molecule has 0 saturated carbocycles. The number of nitrogens with two attached hydrogens (primary N) is 1. The molecule has 1 aromatic carbocycles. The average molecular weight is 708 g/mol. The SMILES string of the molecule is COc1ccc(C(=O)O[C@@H]2C[C@H](n3ccc(N)nc3=O)OC2COP(=O)(O)OP(=O)(O)OP(=O)(O)O)c(C(C)SSC)c1. The predicted molar refractivity (Wildman–Crippen MR) is 153 cm³/mol. The summed E-state index contributed by atoms with van der Waals surface area (Å²) in [6.45, 7) is 0.941. The highest BCUT2D eigenvalue weighted by atomic mass is 33.1. The molecule has 18 nitrogen and oxygen atoms in total. The number of benzene rings is 1. The molecule has 43 heavy (non-hydrogen) atoms. The molecule has 1 saturated heterocycles. The third kappa shape index (κ3) is 10.4. The maximum atomic E-state index is 13.4. The molecule has 0 spiro atoms. The number of nitrogen functional groups attached to an aromatic ring is 1. The number of hydrogen-bond donors (Lipinski definition) is 5. The van der Waals surface area contributed by atoms with Gasteiger partial charge in [0.2, 0.25) is 0 Å². The lowest BCUT2D eigenvalue weighted by Crippen LogP contribution is -2.31. The molecule has 1 aliphatic rings. The Labute approximate surface area is 252 Å². The number of anilines is 1. The Kier molecular flexibility index (Phi) is 12.1. The summed E-state index contributed by atoms with van der Waals surface area (Å²) < 4.78 is 64.7. The van der Waals surface area contributed by atoms with Crippen LogP contribution in [0.3, 0.4) is 0 Å². The minimum absolute atomic E-state index is 0.0734. The maximum absolute atomic E-state index is 13.4. The van der Waals surface area contributed by atoms with Crippen molar-refractivity contribution in [2.75, 3.05) is 25.7 Å². The molecule has 1 fully saturated rings. The number of ether oxygens (including phenoxy) is 3. The quantitative estimate of drug-likeness (QED) is 0.107. The van der Waals surface area contributed by atoms with E-state index in [-0.39, 0.29) is 23.1 Å². The Morgan fingerprint density at radius 3 is 2.49 bits per heavy atom. The second-order valence-corrected chi connectivity index (χ2v) is 15.8. The molecular weight excluding hydrogens is 679 g/mol. The fourth-order valence-electron chi connectivity index (χ4n) is 3.85. The van der Waals surface area contributed by atoms with E-state index < -0.39 is 60.2 Å². The molecule has 1 aromatic heterocycles. The number of carbonyl (C=O) groups is 1. The lowest BCUT2D eigenvalue weighted by atomic mass is 10.0. The summed E-state index contributed by atoms with van der Waals surface area (Å²) in [5.41, 5.74) is 5.48. The molecule has 240 valence electrons. The van der Waals surface area contributed by atoms with Crippen molar-refractivity contribution < 1.29 is 65.4 Å². The first-order chi connectivity index (χ1) is 19.9. The van der Waals surface area contributed by atoms with Crippen LogP contribution in [-0.2, 0) is 36.3 Å². The minimum Gasteiger partial charge on any atom is -0.497 e. The third-order valence-electron chi connectivity index (χ3n) is 5.58. The van der Waals surface area contributed by atoms with Crippen molar-refractivity contribution >= 4 is 56.8 Å². The first kappa shape index (κ1) is 35.7. The van der Waals surface area contributed by atoms with E-state index in [0.717, 1.165) is 4.57 Å². The van der Waals surface area contributed by atoms with Gasteiger partial charge in [0.15, 0.2) is 0 Å². The highest BCUT2D eigenvalue weighted by Crippen LogP contribution is 2.66. The first-order valence-corrected chi connectivity index (χ1v) is 18.9. The predicted octanol–water partition coefficient (Wildman–Crippen LogP) is 2.76. The number of aromatic nitrogens is 2. The van der Waals surface area contributed by atoms with E-state index in [1.54, 1.807) is 12.1 Å². The Balaban J connectivity index is 1.86. The number of methoxy groups -OCH3 is 1. The molecule has 0 aliphatic carbocycles. The van der Waals surface area contributed by atoms with Gasteiger partial charge in [-0.25, -0.2) is 23.3 Å². The van der Waals surface area contributed by atoms with Crippen molar-refractivity contribution in [2.24, 2.45) is 0 Å². The van der Waals surface area contributed by atoms with Crippen LogP contribution in [0.1, 0.15) is 40.7 Å². The molecule has 23 heteroatoms. The highest BCUT2D eigenvalue weighted by molar-refractivity contribution is 8.76. The Morgan fingerprint density at radius 2 is 1.88 bits per heavy atom. The Hall–Kier alpha value is -1.76. The summed E-state index contributed by atoms with van der Waals surface area (Å²) in [5, 5.41) is -0.180. The fourth-order valence-corrected chi connectivity index (χ4v) is 8.64. The van der Waals surface area contributed by atoms with Crippen molar-refractivity contribution in [1.82, 2.24) is 9.55 Å². The average Bonchev–Trinajstić information content (AvgIpc) is 3.27. The van der Waals surface area contributed by atoms with E-state index in [2.05, 4.69) is 13.6 Å². The van der Waals surface area contributed by atoms with Gasteiger partial charge in [-0.2, -0.15) is 13.6 Å². The van der Waals surface area contributed by atoms with Gasteiger partial charge in [-0.1, -0.05) is 21.6 Å². The van der Waals surface area contributed by atoms with Gasteiger partial charge in [-0.15, -0.1) is 0 Å². The summed E-state index contributed by atoms with van der Waals surface area (Å²) in [6.07, 6.45) is -0.778. The zero-order chi connectivity index (χ0) is 32.2. The first-order valence-electron chi connectivity index (χ1n) is 11.8. The maximum Gasteiger partial charge on any atom is 0.490 e. The molecule has 6 N–H and O–H groups in total. The van der Waals surface area contributed by atoms with Gasteiger partial charge in [0.1, 0.15) is 30.0 Å². The van der Waals surface area contributed by atoms with E-state index in [1.807, 2.05) is 13.2 Å². The van der Waals surface area contributed by atoms with Gasteiger partial charge in [0.05, 0.1) is 19.3 Å². The third-order valence-corrected chi connectivity index (χ3v) is 11.6. The molecule has 0 radical (unpaired) electrons. The molecule has 4 unspecified atom stereocenters. The smallest absolute Gasteiger partial charge is 0.490 e. The van der Waals surface area contributed by atoms with Crippen molar-refractivity contribution in [3.05, 3.63) is 52.1 Å². The van der Waals surface area contributed by atoms with Crippen molar-refractivity contribution in [3.63, 3.8) is 0 Å². The fraction of sp³-hybridized carbons (Fsp3) is 0.450. The van der Waals surface area contributed by atoms with Crippen LogP contribution in [0.25, 0.3) is 0 Å². The number of phosphoric acid groups is 3. The van der Waals surface area contributed by atoms with E-state index in [9.17, 15) is 33.1 Å². The summed E-state index contributed by atoms with van der Waals surface area (Å²) >= 11 is 0. The zero-order valence-corrected chi connectivity index (χ0v) is 26.8. The van der Waals surface area contributed by atoms with E-state index >= 15 is 0 Å². The molecule has 3 rings (SSSR count). The van der Waals surface area contributed by atoms with Crippen molar-refractivity contribution in [3.8, 4) is 5.75 Å². The van der Waals surface area contributed by atoms with Crippen molar-refractivity contribution in [1.29, 1.82) is 0 Å². The van der Waals surface area contributed by atoms with Crippen LogP contribution in [0.5, 0.6) is 5.75 Å². The minimum atomic E-state index is -5.78. The van der Waals surface area contributed by atoms with E-state index in [4.69, 9.17) is 34.3 Å². The summed E-state index contributed by atoms with van der Waals surface area (Å²) in [4.78, 5) is 66.1. The number of rotatable bonds is 14. The van der Waals surface area contributed by atoms with Gasteiger partial charge in [0.25, 0.3) is 0 Å². The van der Waals surface area contributed by atoms with Crippen LogP contribution < -0.4 is 16.2 Å². The van der Waals surface area contributed by atoms with Gasteiger partial charge in [-0.3, -0.25) is 9.09 Å². The topological polar surface area (TPSA) is 265 Å². The number of esters is 1. The Bertz CT molecular complexity index is 1520. The lowest BCUT2D eigenvalue weighted by molar-refractivity contribution is -0.0511. The summed E-state index contributed by atoms with van der Waals surface area (Å²) in [5.74, 6) is -0.393. The monoisotopic (exact) mass is 707 g/mol. The lowest BCUT2D eigenvalue weighted by Gasteiger charge is -2.22. The highest BCUT2D eigenvalue weighted by Gasteiger charge is 2.44. The number of hydrogen-bond acceptors (Lipinski definition) is 15. The molecule has 1 aliphatic heterocycles. The van der Waals surface area contributed by atoms with Crippen LogP contribution in [0.2, 0.25) is 0 Å². The second kappa shape index (κ2) is 14.6. The normalized spacial score (nSPS) is 22.3. The second-order valence-electron chi connectivity index (χ2n) is 8.60. The standard InChI is InChI=1S/C20H28N3O15P3S2/c1-11(43-42-3)14-8-12(33-2)4-5-13(14)19(24)36-15-9-18(23-7-6-17(21)22-20(23)25)35-16(15)10-34-40(29,30)38-41(31,32)37-39(26,27)28/h4-8,11,15-16,18H,9-10H2,1-3H3,(H,29,30)(H,31,32)(H2,21,22,25)(H2,26,27,28)/t11?,15-,16?,18-/m1/s1. The van der Waals surface area contributed by atoms with Gasteiger partial charge < -0.3 is 39.5 Å². The molecule has 2 heterocycles. The Morgan fingerprint density at radius 1 is 1.19 bits per heavy atom. The molecular formula is C20H28N3O15P3S2. The van der Waals surface area contributed by atoms with Crippen LogP contribution in [0.4, 0.5) is 5.82 Å². The molecule has 0 bridgehead atoms. The number of nitrogens with zero attached hydrogens (tertiary/aromatic N) is 2. The van der Waals surface area contributed by atoms with Crippen molar-refractivity contribution in [2.45, 2.75) is 37.0 Å². The van der Waals surface area contributed by atoms with Crippen LogP contribution in [0, 0.1) is 0 Å². The van der Waals surface area contributed by atoms with Crippen LogP contribution in [-0.4, -0.2) is 67.3 Å². The molecule has 6 atom stereocenters. The number of carbonyl (C=O) groups excluding carboxylic acids is 1. The largest absolute Gasteiger partial charge is 0.497 e. The zero-order valence-electron chi connectivity index (χ0n) is 22.5. The van der Waals surface area contributed by atoms with Crippen LogP contribution in [0.15, 0.2) is 35.3 Å². The van der Waals surface area contributed by atoms with E-state index in [1.165, 1.54) is 47.0 Å². The number of phosphoric ester groups is 1. The summed E-state index contributed by atoms with van der Waals surface area (Å²) in [7, 11) is -12.5. The van der Waals surface area contributed by atoms with Crippen LogP contribution >= 0.6 is 45.1 Å². The van der Waals surface area contributed by atoms with Gasteiger partial charge in [-0.05, 0) is 43.0 Å². The van der Waals surface area contributed by atoms with E-state index in [0.29, 0.717) is 11.3 Å². The molecule has 0 amide bonds. The van der Waals surface area contributed by atoms with Gasteiger partial charge in [0, 0.05) is 17.9 Å². The molecule has 2 aromatic rings. The summed E-state index contributed by atoms with van der Waals surface area (Å²) in [6, 6.07) is 6.03.